The highest BCUT2D eigenvalue weighted by atomic mass is 79.9. The third-order valence-corrected chi connectivity index (χ3v) is 3.72. The van der Waals surface area contributed by atoms with Gasteiger partial charge in [0, 0.05) is 24.6 Å². The fraction of sp³-hybridized carbons (Fsp3) is 0.562. The van der Waals surface area contributed by atoms with Gasteiger partial charge in [0.15, 0.2) is 5.96 Å². The van der Waals surface area contributed by atoms with E-state index >= 15 is 0 Å². The molecule has 4 nitrogen and oxygen atoms in total. The maximum absolute atomic E-state index is 13.7. The van der Waals surface area contributed by atoms with E-state index in [9.17, 15) is 4.39 Å². The van der Waals surface area contributed by atoms with Gasteiger partial charge in [-0.3, -0.25) is 4.99 Å². The molecule has 0 atom stereocenters. The first-order chi connectivity index (χ1) is 10.5. The van der Waals surface area contributed by atoms with Crippen LogP contribution in [0.1, 0.15) is 18.4 Å². The second kappa shape index (κ2) is 10.6. The van der Waals surface area contributed by atoms with Gasteiger partial charge in [0.2, 0.25) is 0 Å². The molecule has 0 aliphatic carbocycles. The maximum atomic E-state index is 13.7. The van der Waals surface area contributed by atoms with E-state index in [4.69, 9.17) is 0 Å². The van der Waals surface area contributed by atoms with Crippen molar-refractivity contribution < 1.29 is 4.39 Å². The van der Waals surface area contributed by atoms with E-state index in [0.29, 0.717) is 6.42 Å². The number of hydrogen-bond acceptors (Lipinski definition) is 2. The van der Waals surface area contributed by atoms with Crippen molar-refractivity contribution in [1.29, 1.82) is 0 Å². The zero-order valence-corrected chi connectivity index (χ0v) is 15.2. The number of aryl methyl sites for hydroxylation is 1. The third-order valence-electron chi connectivity index (χ3n) is 3.23. The lowest BCUT2D eigenvalue weighted by molar-refractivity contribution is 0.399. The first-order valence-electron chi connectivity index (χ1n) is 7.56. The van der Waals surface area contributed by atoms with Crippen LogP contribution in [-0.2, 0) is 6.42 Å². The summed E-state index contributed by atoms with van der Waals surface area (Å²) in [6, 6.07) is 5.21. The molecule has 2 N–H and O–H groups in total. The van der Waals surface area contributed by atoms with Crippen molar-refractivity contribution in [2.24, 2.45) is 4.99 Å². The number of guanidine groups is 1. The monoisotopic (exact) mass is 372 g/mol. The molecule has 1 rings (SSSR count). The molecule has 22 heavy (non-hydrogen) atoms. The van der Waals surface area contributed by atoms with Gasteiger partial charge >= 0.3 is 0 Å². The topological polar surface area (TPSA) is 39.7 Å². The lowest BCUT2D eigenvalue weighted by Crippen LogP contribution is -2.39. The molecule has 0 bridgehead atoms. The van der Waals surface area contributed by atoms with Crippen LogP contribution < -0.4 is 10.6 Å². The van der Waals surface area contributed by atoms with Crippen LogP contribution in [0.4, 0.5) is 4.39 Å². The van der Waals surface area contributed by atoms with E-state index in [1.165, 1.54) is 6.07 Å². The highest BCUT2D eigenvalue weighted by Gasteiger charge is 2.03. The van der Waals surface area contributed by atoms with Crippen molar-refractivity contribution in [2.45, 2.75) is 19.3 Å². The molecule has 6 heteroatoms. The van der Waals surface area contributed by atoms with Crippen LogP contribution in [0, 0.1) is 5.82 Å². The molecule has 0 fully saturated rings. The first-order valence-corrected chi connectivity index (χ1v) is 8.35. The number of benzene rings is 1. The molecule has 0 aromatic heterocycles. The van der Waals surface area contributed by atoms with Crippen molar-refractivity contribution in [2.75, 3.05) is 40.8 Å². The van der Waals surface area contributed by atoms with E-state index < -0.39 is 0 Å². The second-order valence-corrected chi connectivity index (χ2v) is 6.34. The van der Waals surface area contributed by atoms with Gasteiger partial charge in [0.05, 0.1) is 0 Å². The average Bonchev–Trinajstić information content (AvgIpc) is 2.47. The highest BCUT2D eigenvalue weighted by Crippen LogP contribution is 2.16. The molecule has 0 unspecified atom stereocenters. The van der Waals surface area contributed by atoms with E-state index in [-0.39, 0.29) is 5.82 Å². The quantitative estimate of drug-likeness (QED) is 0.418. The summed E-state index contributed by atoms with van der Waals surface area (Å²) in [5, 5.41) is 6.53. The number of rotatable bonds is 8. The first kappa shape index (κ1) is 18.9. The Morgan fingerprint density at radius 2 is 1.91 bits per heavy atom. The molecule has 0 aliphatic heterocycles. The van der Waals surface area contributed by atoms with Crippen molar-refractivity contribution in [3.8, 4) is 0 Å². The van der Waals surface area contributed by atoms with Gasteiger partial charge in [-0.15, -0.1) is 0 Å². The summed E-state index contributed by atoms with van der Waals surface area (Å²) >= 11 is 3.27. The number of hydrogen-bond donors (Lipinski definition) is 2. The molecule has 124 valence electrons. The van der Waals surface area contributed by atoms with Crippen LogP contribution in [-0.4, -0.2) is 51.6 Å². The molecule has 0 amide bonds. The smallest absolute Gasteiger partial charge is 0.190 e. The van der Waals surface area contributed by atoms with E-state index in [2.05, 4.69) is 50.6 Å². The minimum Gasteiger partial charge on any atom is -0.356 e. The highest BCUT2D eigenvalue weighted by molar-refractivity contribution is 9.10. The maximum Gasteiger partial charge on any atom is 0.190 e. The molecule has 0 spiro atoms. The molecule has 0 aliphatic rings. The summed E-state index contributed by atoms with van der Waals surface area (Å²) in [7, 11) is 5.89. The Balaban J connectivity index is 2.21. The predicted molar refractivity (Wildman–Crippen MR) is 95.0 cm³/mol. The lowest BCUT2D eigenvalue weighted by atomic mass is 10.1. The van der Waals surface area contributed by atoms with Crippen molar-refractivity contribution in [1.82, 2.24) is 15.5 Å². The molecule has 0 radical (unpaired) electrons. The van der Waals surface area contributed by atoms with Crippen molar-refractivity contribution in [3.63, 3.8) is 0 Å². The molecule has 0 heterocycles. The molecular weight excluding hydrogens is 347 g/mol. The Kier molecular flexibility index (Phi) is 9.08. The van der Waals surface area contributed by atoms with E-state index in [1.807, 2.05) is 12.1 Å². The molecular formula is C16H26BrFN4. The summed E-state index contributed by atoms with van der Waals surface area (Å²) in [6.45, 7) is 2.70. The van der Waals surface area contributed by atoms with Gasteiger partial charge in [-0.25, -0.2) is 4.39 Å². The number of halogens is 2. The summed E-state index contributed by atoms with van der Waals surface area (Å²) in [5.74, 6) is 0.649. The minimum atomic E-state index is -0.152. The Morgan fingerprint density at radius 1 is 1.23 bits per heavy atom. The van der Waals surface area contributed by atoms with Gasteiger partial charge in [-0.1, -0.05) is 22.0 Å². The van der Waals surface area contributed by atoms with Crippen LogP contribution in [0.2, 0.25) is 0 Å². The Bertz CT molecular complexity index is 477. The average molecular weight is 373 g/mol. The van der Waals surface area contributed by atoms with Gasteiger partial charge in [0.1, 0.15) is 5.82 Å². The van der Waals surface area contributed by atoms with Crippen LogP contribution in [0.5, 0.6) is 0 Å². The van der Waals surface area contributed by atoms with Gasteiger partial charge in [0.25, 0.3) is 0 Å². The fourth-order valence-corrected chi connectivity index (χ4v) is 2.37. The van der Waals surface area contributed by atoms with Crippen LogP contribution in [0.25, 0.3) is 0 Å². The van der Waals surface area contributed by atoms with Gasteiger partial charge in [-0.05, 0) is 57.6 Å². The van der Waals surface area contributed by atoms with E-state index in [1.54, 1.807) is 7.05 Å². The predicted octanol–water partition coefficient (Wildman–Crippen LogP) is 2.64. The Labute approximate surface area is 141 Å². The fourth-order valence-electron chi connectivity index (χ4n) is 2.03. The molecule has 1 aromatic rings. The Morgan fingerprint density at radius 3 is 2.50 bits per heavy atom. The van der Waals surface area contributed by atoms with Crippen LogP contribution in [0.15, 0.2) is 27.7 Å². The summed E-state index contributed by atoms with van der Waals surface area (Å²) < 4.78 is 14.5. The van der Waals surface area contributed by atoms with E-state index in [0.717, 1.165) is 48.5 Å². The third kappa shape index (κ3) is 7.75. The van der Waals surface area contributed by atoms with Crippen molar-refractivity contribution in [3.05, 3.63) is 34.1 Å². The molecule has 0 saturated carbocycles. The van der Waals surface area contributed by atoms with Gasteiger partial charge < -0.3 is 15.5 Å². The van der Waals surface area contributed by atoms with Crippen molar-refractivity contribution >= 4 is 21.9 Å². The zero-order valence-electron chi connectivity index (χ0n) is 13.6. The zero-order chi connectivity index (χ0) is 16.4. The Hall–Kier alpha value is -1.14. The van der Waals surface area contributed by atoms with Crippen LogP contribution in [0.3, 0.4) is 0 Å². The molecule has 1 aromatic carbocycles. The van der Waals surface area contributed by atoms with Gasteiger partial charge in [-0.2, -0.15) is 0 Å². The standard InChI is InChI=1S/C16H26BrFN4/c1-19-16(21-10-5-11-22(2)3)20-9-4-6-13-7-8-14(17)12-15(13)18/h7-8,12H,4-6,9-11H2,1-3H3,(H2,19,20,21). The summed E-state index contributed by atoms with van der Waals surface area (Å²) in [4.78, 5) is 6.34. The number of nitrogens with one attached hydrogen (secondary N) is 2. The van der Waals surface area contributed by atoms with Crippen LogP contribution >= 0.6 is 15.9 Å². The normalized spacial score (nSPS) is 11.8. The number of aliphatic imine (C=N–C) groups is 1. The lowest BCUT2D eigenvalue weighted by Gasteiger charge is -2.13. The largest absolute Gasteiger partial charge is 0.356 e. The number of nitrogens with zero attached hydrogens (tertiary/aromatic N) is 2. The summed E-state index contributed by atoms with van der Waals surface area (Å²) in [5.41, 5.74) is 0.749. The second-order valence-electron chi connectivity index (χ2n) is 5.42. The minimum absolute atomic E-state index is 0.152. The SMILES string of the molecule is CN=C(NCCCc1ccc(Br)cc1F)NCCCN(C)C. The summed E-state index contributed by atoms with van der Waals surface area (Å²) in [6.07, 6.45) is 2.64. The molecule has 0 saturated heterocycles.